The van der Waals surface area contributed by atoms with Gasteiger partial charge in [-0.1, -0.05) is 36.4 Å². The van der Waals surface area contributed by atoms with Crippen LogP contribution in [0, 0.1) is 6.92 Å². The summed E-state index contributed by atoms with van der Waals surface area (Å²) in [6.45, 7) is 2.91. The third kappa shape index (κ3) is 3.00. The lowest BCUT2D eigenvalue weighted by atomic mass is 10.1. The minimum Gasteiger partial charge on any atom is -0.508 e. The maximum Gasteiger partial charge on any atom is 0.118 e. The molecule has 0 unspecified atom stereocenters. The fourth-order valence-electron chi connectivity index (χ4n) is 1.83. The molecule has 0 aliphatic heterocycles. The van der Waals surface area contributed by atoms with Crippen LogP contribution in [0.15, 0.2) is 48.5 Å². The molecule has 0 aliphatic carbocycles. The van der Waals surface area contributed by atoms with E-state index in [2.05, 4.69) is 24.4 Å². The molecule has 0 spiro atoms. The number of phenolic OH excluding ortho intramolecular Hbond substituents is 1. The van der Waals surface area contributed by atoms with Crippen molar-refractivity contribution in [1.29, 1.82) is 0 Å². The third-order valence-corrected chi connectivity index (χ3v) is 2.85. The monoisotopic (exact) mass is 227 g/mol. The smallest absolute Gasteiger partial charge is 0.118 e. The van der Waals surface area contributed by atoms with E-state index in [9.17, 15) is 5.11 Å². The standard InChI is InChI=1S/C15H17NO/c1-12-6-2-4-8-14(12)16-11-10-13-7-3-5-9-15(13)17/h2-9,16-17H,10-11H2,1H3. The van der Waals surface area contributed by atoms with E-state index in [1.807, 2.05) is 30.3 Å². The molecular weight excluding hydrogens is 210 g/mol. The van der Waals surface area contributed by atoms with Gasteiger partial charge in [0.15, 0.2) is 0 Å². The van der Waals surface area contributed by atoms with Gasteiger partial charge in [-0.25, -0.2) is 0 Å². The molecule has 0 atom stereocenters. The first-order chi connectivity index (χ1) is 8.27. The topological polar surface area (TPSA) is 32.3 Å². The number of hydrogen-bond donors (Lipinski definition) is 2. The summed E-state index contributed by atoms with van der Waals surface area (Å²) in [5, 5.41) is 13.0. The SMILES string of the molecule is Cc1ccccc1NCCc1ccccc1O. The minimum absolute atomic E-state index is 0.374. The second-order valence-electron chi connectivity index (χ2n) is 4.12. The maximum atomic E-state index is 9.63. The molecule has 2 rings (SSSR count). The molecule has 2 nitrogen and oxygen atoms in total. The van der Waals surface area contributed by atoms with Gasteiger partial charge in [-0.2, -0.15) is 0 Å². The van der Waals surface area contributed by atoms with Crippen molar-refractivity contribution in [2.24, 2.45) is 0 Å². The summed E-state index contributed by atoms with van der Waals surface area (Å²) < 4.78 is 0. The molecule has 0 radical (unpaired) electrons. The van der Waals surface area contributed by atoms with Crippen molar-refractivity contribution in [2.75, 3.05) is 11.9 Å². The molecule has 0 heterocycles. The first-order valence-corrected chi connectivity index (χ1v) is 5.84. The van der Waals surface area contributed by atoms with E-state index in [0.29, 0.717) is 5.75 Å². The van der Waals surface area contributed by atoms with Gasteiger partial charge in [-0.3, -0.25) is 0 Å². The maximum absolute atomic E-state index is 9.63. The van der Waals surface area contributed by atoms with E-state index < -0.39 is 0 Å². The Kier molecular flexibility index (Phi) is 3.66. The average molecular weight is 227 g/mol. The van der Waals surface area contributed by atoms with Crippen LogP contribution in [0.25, 0.3) is 0 Å². The van der Waals surface area contributed by atoms with Gasteiger partial charge >= 0.3 is 0 Å². The highest BCUT2D eigenvalue weighted by Crippen LogP contribution is 2.17. The number of nitrogens with one attached hydrogen (secondary N) is 1. The first kappa shape index (κ1) is 11.5. The van der Waals surface area contributed by atoms with Gasteiger partial charge in [0, 0.05) is 12.2 Å². The van der Waals surface area contributed by atoms with Crippen LogP contribution in [0.4, 0.5) is 5.69 Å². The van der Waals surface area contributed by atoms with Gasteiger partial charge in [0.05, 0.1) is 0 Å². The molecule has 0 bridgehead atoms. The van der Waals surface area contributed by atoms with Gasteiger partial charge < -0.3 is 10.4 Å². The molecule has 0 aliphatic rings. The van der Waals surface area contributed by atoms with Crippen LogP contribution in [0.2, 0.25) is 0 Å². The van der Waals surface area contributed by atoms with Crippen molar-refractivity contribution in [3.63, 3.8) is 0 Å². The second kappa shape index (κ2) is 5.39. The lowest BCUT2D eigenvalue weighted by Gasteiger charge is -2.09. The van der Waals surface area contributed by atoms with Crippen LogP contribution in [-0.2, 0) is 6.42 Å². The van der Waals surface area contributed by atoms with Crippen molar-refractivity contribution in [3.05, 3.63) is 59.7 Å². The lowest BCUT2D eigenvalue weighted by molar-refractivity contribution is 0.468. The third-order valence-electron chi connectivity index (χ3n) is 2.85. The van der Waals surface area contributed by atoms with Crippen LogP contribution in [0.5, 0.6) is 5.75 Å². The van der Waals surface area contributed by atoms with Crippen molar-refractivity contribution in [2.45, 2.75) is 13.3 Å². The van der Waals surface area contributed by atoms with Crippen molar-refractivity contribution in [3.8, 4) is 5.75 Å². The number of benzene rings is 2. The molecule has 0 amide bonds. The van der Waals surface area contributed by atoms with Crippen molar-refractivity contribution < 1.29 is 5.11 Å². The van der Waals surface area contributed by atoms with E-state index >= 15 is 0 Å². The number of phenols is 1. The molecule has 0 aromatic heterocycles. The molecule has 88 valence electrons. The number of aryl methyl sites for hydroxylation is 1. The Morgan fingerprint density at radius 3 is 2.47 bits per heavy atom. The minimum atomic E-state index is 0.374. The number of aromatic hydroxyl groups is 1. The summed E-state index contributed by atoms with van der Waals surface area (Å²) in [6.07, 6.45) is 0.820. The Balaban J connectivity index is 1.93. The summed E-state index contributed by atoms with van der Waals surface area (Å²) in [7, 11) is 0. The normalized spacial score (nSPS) is 10.2. The molecule has 0 saturated heterocycles. The number of anilines is 1. The Hall–Kier alpha value is -1.96. The lowest BCUT2D eigenvalue weighted by Crippen LogP contribution is -2.05. The molecule has 0 saturated carbocycles. The highest BCUT2D eigenvalue weighted by atomic mass is 16.3. The predicted octanol–water partition coefficient (Wildman–Crippen LogP) is 3.36. The first-order valence-electron chi connectivity index (χ1n) is 5.84. The molecule has 2 N–H and O–H groups in total. The summed E-state index contributed by atoms with van der Waals surface area (Å²) in [6, 6.07) is 15.7. The Labute approximate surface area is 102 Å². The van der Waals surface area contributed by atoms with E-state index in [1.165, 1.54) is 5.56 Å². The highest BCUT2D eigenvalue weighted by molar-refractivity contribution is 5.50. The van der Waals surface area contributed by atoms with Crippen molar-refractivity contribution in [1.82, 2.24) is 0 Å². The second-order valence-corrected chi connectivity index (χ2v) is 4.12. The fourth-order valence-corrected chi connectivity index (χ4v) is 1.83. The largest absolute Gasteiger partial charge is 0.508 e. The van der Waals surface area contributed by atoms with Gasteiger partial charge in [-0.05, 0) is 36.6 Å². The number of hydrogen-bond acceptors (Lipinski definition) is 2. The van der Waals surface area contributed by atoms with Crippen molar-refractivity contribution >= 4 is 5.69 Å². The van der Waals surface area contributed by atoms with Gasteiger partial charge in [-0.15, -0.1) is 0 Å². The summed E-state index contributed by atoms with van der Waals surface area (Å²) in [5.74, 6) is 0.374. The van der Waals surface area contributed by atoms with Gasteiger partial charge in [0.25, 0.3) is 0 Å². The molecular formula is C15H17NO. The summed E-state index contributed by atoms with van der Waals surface area (Å²) in [5.41, 5.74) is 3.38. The van der Waals surface area contributed by atoms with Crippen LogP contribution in [0.1, 0.15) is 11.1 Å². The zero-order valence-electron chi connectivity index (χ0n) is 9.98. The number of para-hydroxylation sites is 2. The van der Waals surface area contributed by atoms with Crippen LogP contribution in [-0.4, -0.2) is 11.7 Å². The fraction of sp³-hybridized carbons (Fsp3) is 0.200. The van der Waals surface area contributed by atoms with E-state index in [-0.39, 0.29) is 0 Å². The van der Waals surface area contributed by atoms with E-state index in [4.69, 9.17) is 0 Å². The van der Waals surface area contributed by atoms with Crippen LogP contribution in [0.3, 0.4) is 0 Å². The van der Waals surface area contributed by atoms with Crippen LogP contribution < -0.4 is 5.32 Å². The quantitative estimate of drug-likeness (QED) is 0.839. The van der Waals surface area contributed by atoms with Crippen LogP contribution >= 0.6 is 0 Å². The molecule has 2 heteroatoms. The molecule has 2 aromatic carbocycles. The van der Waals surface area contributed by atoms with Gasteiger partial charge in [0.2, 0.25) is 0 Å². The van der Waals surface area contributed by atoms with E-state index in [1.54, 1.807) is 6.07 Å². The Morgan fingerprint density at radius 2 is 1.71 bits per heavy atom. The van der Waals surface area contributed by atoms with E-state index in [0.717, 1.165) is 24.2 Å². The Bertz CT molecular complexity index is 448. The molecule has 2 aromatic rings. The zero-order chi connectivity index (χ0) is 12.1. The highest BCUT2D eigenvalue weighted by Gasteiger charge is 2.00. The molecule has 17 heavy (non-hydrogen) atoms. The number of rotatable bonds is 4. The summed E-state index contributed by atoms with van der Waals surface area (Å²) >= 11 is 0. The molecule has 0 fully saturated rings. The predicted molar refractivity (Wildman–Crippen MR) is 71.5 cm³/mol. The summed E-state index contributed by atoms with van der Waals surface area (Å²) in [4.78, 5) is 0. The van der Waals surface area contributed by atoms with Gasteiger partial charge in [0.1, 0.15) is 5.75 Å². The zero-order valence-corrected chi connectivity index (χ0v) is 9.98. The average Bonchev–Trinajstić information content (AvgIpc) is 2.34. The Morgan fingerprint density at radius 1 is 1.00 bits per heavy atom.